The van der Waals surface area contributed by atoms with Crippen LogP contribution in [0.2, 0.25) is 0 Å². The van der Waals surface area contributed by atoms with E-state index in [1.807, 2.05) is 0 Å². The van der Waals surface area contributed by atoms with Crippen LogP contribution < -0.4 is 5.32 Å². The summed E-state index contributed by atoms with van der Waals surface area (Å²) in [6.45, 7) is 1.47. The van der Waals surface area contributed by atoms with Gasteiger partial charge >= 0.3 is 0 Å². The minimum absolute atomic E-state index is 0.000163. The van der Waals surface area contributed by atoms with Gasteiger partial charge in [-0.15, -0.1) is 0 Å². The molecule has 0 saturated carbocycles. The van der Waals surface area contributed by atoms with Gasteiger partial charge in [-0.2, -0.15) is 0 Å². The van der Waals surface area contributed by atoms with Crippen molar-refractivity contribution in [2.24, 2.45) is 5.92 Å². The van der Waals surface area contributed by atoms with Gasteiger partial charge in [0.15, 0.2) is 0 Å². The van der Waals surface area contributed by atoms with Crippen LogP contribution in [0.1, 0.15) is 19.3 Å². The Bertz CT molecular complexity index is 339. The second-order valence-corrected chi connectivity index (χ2v) is 5.22. The lowest BCUT2D eigenvalue weighted by Gasteiger charge is -2.37. The second kappa shape index (κ2) is 5.24. The van der Waals surface area contributed by atoms with E-state index < -0.39 is 5.54 Å². The number of hydrogen-bond acceptors (Lipinski definition) is 4. The normalized spacial score (nSPS) is 27.3. The van der Waals surface area contributed by atoms with Crippen molar-refractivity contribution in [3.8, 4) is 0 Å². The first-order valence-corrected chi connectivity index (χ1v) is 6.31. The number of nitrogens with one attached hydrogen (secondary N) is 1. The van der Waals surface area contributed by atoms with E-state index in [1.54, 1.807) is 11.9 Å². The molecule has 6 heteroatoms. The maximum atomic E-state index is 12.1. The number of aliphatic hydroxyl groups excluding tert-OH is 1. The Morgan fingerprint density at radius 1 is 1.56 bits per heavy atom. The number of amides is 2. The van der Waals surface area contributed by atoms with E-state index in [-0.39, 0.29) is 30.8 Å². The summed E-state index contributed by atoms with van der Waals surface area (Å²) >= 11 is 0. The average molecular weight is 256 g/mol. The van der Waals surface area contributed by atoms with Crippen molar-refractivity contribution in [2.45, 2.75) is 24.8 Å². The zero-order valence-corrected chi connectivity index (χ0v) is 10.6. The Morgan fingerprint density at radius 3 is 2.72 bits per heavy atom. The van der Waals surface area contributed by atoms with Crippen LogP contribution in [0.15, 0.2) is 0 Å². The van der Waals surface area contributed by atoms with Crippen molar-refractivity contribution in [1.29, 1.82) is 0 Å². The largest absolute Gasteiger partial charge is 0.394 e. The number of likely N-dealkylation sites (tertiary alicyclic amines) is 1. The van der Waals surface area contributed by atoms with Gasteiger partial charge in [-0.3, -0.25) is 9.59 Å². The van der Waals surface area contributed by atoms with Crippen LogP contribution in [-0.4, -0.2) is 60.8 Å². The minimum Gasteiger partial charge on any atom is -0.394 e. The molecule has 1 atom stereocenters. The minimum atomic E-state index is -0.570. The molecule has 1 unspecified atom stereocenters. The molecule has 2 saturated heterocycles. The predicted octanol–water partition coefficient (Wildman–Crippen LogP) is -0.878. The zero-order valence-electron chi connectivity index (χ0n) is 10.6. The quantitative estimate of drug-likeness (QED) is 0.687. The molecule has 0 aromatic rings. The van der Waals surface area contributed by atoms with E-state index in [9.17, 15) is 14.7 Å². The van der Waals surface area contributed by atoms with Crippen molar-refractivity contribution >= 4 is 11.8 Å². The highest BCUT2D eigenvalue weighted by Gasteiger charge is 2.38. The third kappa shape index (κ3) is 2.64. The number of carbonyl (C=O) groups is 2. The molecule has 102 valence electrons. The van der Waals surface area contributed by atoms with Crippen LogP contribution in [0.3, 0.4) is 0 Å². The van der Waals surface area contributed by atoms with Gasteiger partial charge in [0.2, 0.25) is 11.8 Å². The third-order valence-corrected chi connectivity index (χ3v) is 3.85. The summed E-state index contributed by atoms with van der Waals surface area (Å²) in [6.07, 6.45) is 1.50. The van der Waals surface area contributed by atoms with Gasteiger partial charge in [0.1, 0.15) is 0 Å². The van der Waals surface area contributed by atoms with Crippen LogP contribution in [0.25, 0.3) is 0 Å². The molecule has 2 aliphatic rings. The van der Waals surface area contributed by atoms with Crippen molar-refractivity contribution in [3.63, 3.8) is 0 Å². The Kier molecular flexibility index (Phi) is 3.87. The fourth-order valence-electron chi connectivity index (χ4n) is 2.49. The summed E-state index contributed by atoms with van der Waals surface area (Å²) in [5, 5.41) is 12.4. The molecular formula is C12H20N2O4. The highest BCUT2D eigenvalue weighted by molar-refractivity contribution is 5.89. The van der Waals surface area contributed by atoms with Crippen molar-refractivity contribution in [3.05, 3.63) is 0 Å². The first kappa shape index (κ1) is 13.3. The number of rotatable bonds is 3. The lowest BCUT2D eigenvalue weighted by Crippen LogP contribution is -2.56. The standard InChI is InChI=1S/C12H20N2O4/c1-14-7-9(6-10(14)16)11(17)13-12(8-15)2-4-18-5-3-12/h9,15H,2-8H2,1H3,(H,13,17). The number of carbonyl (C=O) groups excluding carboxylic acids is 2. The van der Waals surface area contributed by atoms with Crippen LogP contribution in [0, 0.1) is 5.92 Å². The summed E-state index contributed by atoms with van der Waals surface area (Å²) < 4.78 is 5.24. The van der Waals surface area contributed by atoms with Crippen molar-refractivity contribution < 1.29 is 19.4 Å². The Hall–Kier alpha value is -1.14. The molecule has 0 bridgehead atoms. The zero-order chi connectivity index (χ0) is 13.2. The van der Waals surface area contributed by atoms with Gasteiger partial charge in [0, 0.05) is 33.2 Å². The van der Waals surface area contributed by atoms with Crippen molar-refractivity contribution in [1.82, 2.24) is 10.2 Å². The second-order valence-electron chi connectivity index (χ2n) is 5.22. The molecule has 6 nitrogen and oxygen atoms in total. The maximum Gasteiger partial charge on any atom is 0.225 e. The highest BCUT2D eigenvalue weighted by atomic mass is 16.5. The van der Waals surface area contributed by atoms with Crippen molar-refractivity contribution in [2.75, 3.05) is 33.4 Å². The summed E-state index contributed by atoms with van der Waals surface area (Å²) in [6, 6.07) is 0. The lowest BCUT2D eigenvalue weighted by atomic mass is 9.90. The molecule has 0 spiro atoms. The Balaban J connectivity index is 1.95. The Morgan fingerprint density at radius 2 is 2.22 bits per heavy atom. The SMILES string of the molecule is CN1CC(C(=O)NC2(CO)CCOCC2)CC1=O. The molecule has 2 amide bonds. The van der Waals surface area contributed by atoms with Gasteiger partial charge in [0.05, 0.1) is 18.1 Å². The van der Waals surface area contributed by atoms with E-state index in [4.69, 9.17) is 4.74 Å². The fourth-order valence-corrected chi connectivity index (χ4v) is 2.49. The summed E-state index contributed by atoms with van der Waals surface area (Å²) in [5.41, 5.74) is -0.570. The highest BCUT2D eigenvalue weighted by Crippen LogP contribution is 2.23. The maximum absolute atomic E-state index is 12.1. The Labute approximate surface area is 106 Å². The van der Waals surface area contributed by atoms with Gasteiger partial charge in [-0.05, 0) is 12.8 Å². The fraction of sp³-hybridized carbons (Fsp3) is 0.833. The van der Waals surface area contributed by atoms with E-state index in [1.165, 1.54) is 0 Å². The third-order valence-electron chi connectivity index (χ3n) is 3.85. The lowest BCUT2D eigenvalue weighted by molar-refractivity contribution is -0.130. The molecule has 0 aromatic carbocycles. The van der Waals surface area contributed by atoms with E-state index in [2.05, 4.69) is 5.32 Å². The topological polar surface area (TPSA) is 78.9 Å². The molecule has 18 heavy (non-hydrogen) atoms. The molecule has 2 N–H and O–H groups in total. The molecule has 2 aliphatic heterocycles. The number of nitrogens with zero attached hydrogens (tertiary/aromatic N) is 1. The molecule has 0 aliphatic carbocycles. The van der Waals surface area contributed by atoms with Gasteiger partial charge in [-0.1, -0.05) is 0 Å². The summed E-state index contributed by atoms with van der Waals surface area (Å²) in [5.74, 6) is -0.433. The van der Waals surface area contributed by atoms with Crippen LogP contribution in [0.5, 0.6) is 0 Å². The molecular weight excluding hydrogens is 236 g/mol. The molecule has 2 fully saturated rings. The molecule has 2 heterocycles. The van der Waals surface area contributed by atoms with Gasteiger partial charge in [0.25, 0.3) is 0 Å². The summed E-state index contributed by atoms with van der Waals surface area (Å²) in [4.78, 5) is 25.1. The number of ether oxygens (including phenoxy) is 1. The molecule has 0 aromatic heterocycles. The van der Waals surface area contributed by atoms with Crippen LogP contribution >= 0.6 is 0 Å². The summed E-state index contributed by atoms with van der Waals surface area (Å²) in [7, 11) is 1.70. The number of aliphatic hydroxyl groups is 1. The number of hydrogen-bond donors (Lipinski definition) is 2. The predicted molar refractivity (Wildman–Crippen MR) is 63.8 cm³/mol. The van der Waals surface area contributed by atoms with Crippen LogP contribution in [-0.2, 0) is 14.3 Å². The van der Waals surface area contributed by atoms with Gasteiger partial charge in [-0.25, -0.2) is 0 Å². The van der Waals surface area contributed by atoms with Gasteiger partial charge < -0.3 is 20.1 Å². The van der Waals surface area contributed by atoms with E-state index in [0.29, 0.717) is 32.6 Å². The monoisotopic (exact) mass is 256 g/mol. The molecule has 2 rings (SSSR count). The van der Waals surface area contributed by atoms with E-state index >= 15 is 0 Å². The first-order chi connectivity index (χ1) is 8.56. The first-order valence-electron chi connectivity index (χ1n) is 6.31. The van der Waals surface area contributed by atoms with Crippen LogP contribution in [0.4, 0.5) is 0 Å². The molecule has 0 radical (unpaired) electrons. The smallest absolute Gasteiger partial charge is 0.225 e. The average Bonchev–Trinajstić information content (AvgIpc) is 2.71. The van der Waals surface area contributed by atoms with E-state index in [0.717, 1.165) is 0 Å².